The lowest BCUT2D eigenvalue weighted by Crippen LogP contribution is -2.34. The summed E-state index contributed by atoms with van der Waals surface area (Å²) in [6.45, 7) is 3.43. The number of non-ortho nitro benzene ring substituents is 1. The number of nitro groups is 1. The first-order valence-electron chi connectivity index (χ1n) is 6.69. The van der Waals surface area contributed by atoms with Crippen molar-refractivity contribution in [2.24, 2.45) is 5.92 Å². The summed E-state index contributed by atoms with van der Waals surface area (Å²) in [4.78, 5) is 23.3. The van der Waals surface area contributed by atoms with Gasteiger partial charge in [-0.15, -0.1) is 0 Å². The van der Waals surface area contributed by atoms with Crippen LogP contribution in [0.1, 0.15) is 24.8 Å². The molecule has 6 nitrogen and oxygen atoms in total. The van der Waals surface area contributed by atoms with Gasteiger partial charge in [-0.1, -0.05) is 6.07 Å². The minimum atomic E-state index is -0.755. The second-order valence-corrected chi connectivity index (χ2v) is 5.26. The number of rotatable bonds is 4. The van der Waals surface area contributed by atoms with E-state index in [1.807, 2.05) is 6.92 Å². The fraction of sp³-hybridized carbons (Fsp3) is 0.500. The van der Waals surface area contributed by atoms with E-state index < -0.39 is 5.97 Å². The summed E-state index contributed by atoms with van der Waals surface area (Å²) >= 11 is 0. The molecule has 0 amide bonds. The molecule has 1 fully saturated rings. The number of piperidine rings is 1. The molecule has 2 rings (SSSR count). The van der Waals surface area contributed by atoms with Gasteiger partial charge in [-0.3, -0.25) is 14.9 Å². The van der Waals surface area contributed by atoms with Crippen LogP contribution in [-0.2, 0) is 4.79 Å². The molecule has 0 saturated carbocycles. The molecule has 6 heteroatoms. The van der Waals surface area contributed by atoms with Crippen molar-refractivity contribution in [1.29, 1.82) is 0 Å². The molecule has 108 valence electrons. The molecule has 1 aromatic rings. The Morgan fingerprint density at radius 1 is 1.45 bits per heavy atom. The number of carboxylic acids is 1. The van der Waals surface area contributed by atoms with Crippen molar-refractivity contribution >= 4 is 17.3 Å². The van der Waals surface area contributed by atoms with E-state index in [9.17, 15) is 14.9 Å². The molecule has 0 radical (unpaired) electrons. The van der Waals surface area contributed by atoms with E-state index >= 15 is 0 Å². The van der Waals surface area contributed by atoms with Gasteiger partial charge in [0.25, 0.3) is 5.69 Å². The minimum absolute atomic E-state index is 0.0956. The number of anilines is 1. The molecule has 1 N–H and O–H groups in total. The predicted molar refractivity (Wildman–Crippen MR) is 75.0 cm³/mol. The van der Waals surface area contributed by atoms with Gasteiger partial charge in [0.1, 0.15) is 0 Å². The van der Waals surface area contributed by atoms with Gasteiger partial charge >= 0.3 is 5.97 Å². The molecule has 1 aliphatic heterocycles. The van der Waals surface area contributed by atoms with Gasteiger partial charge in [0.2, 0.25) is 0 Å². The minimum Gasteiger partial charge on any atom is -0.481 e. The summed E-state index contributed by atoms with van der Waals surface area (Å²) < 4.78 is 0. The van der Waals surface area contributed by atoms with Gasteiger partial charge in [0.15, 0.2) is 0 Å². The highest BCUT2D eigenvalue weighted by Gasteiger charge is 2.23. The summed E-state index contributed by atoms with van der Waals surface area (Å²) in [5.74, 6) is -0.544. The molecule has 1 aromatic carbocycles. The third-order valence-corrected chi connectivity index (χ3v) is 3.82. The Labute approximate surface area is 117 Å². The fourth-order valence-corrected chi connectivity index (χ4v) is 2.68. The van der Waals surface area contributed by atoms with Crippen molar-refractivity contribution in [3.8, 4) is 0 Å². The number of benzene rings is 1. The van der Waals surface area contributed by atoms with Crippen molar-refractivity contribution in [3.05, 3.63) is 33.9 Å². The molecule has 0 aliphatic carbocycles. The zero-order chi connectivity index (χ0) is 14.7. The highest BCUT2D eigenvalue weighted by Crippen LogP contribution is 2.30. The van der Waals surface area contributed by atoms with Crippen molar-refractivity contribution in [2.45, 2.75) is 26.2 Å². The topological polar surface area (TPSA) is 83.7 Å². The molecule has 0 unspecified atom stereocenters. The Morgan fingerprint density at radius 2 is 2.10 bits per heavy atom. The molecule has 0 spiro atoms. The highest BCUT2D eigenvalue weighted by atomic mass is 16.6. The summed E-state index contributed by atoms with van der Waals surface area (Å²) in [7, 11) is 0. The van der Waals surface area contributed by atoms with E-state index in [1.165, 1.54) is 6.07 Å². The average molecular weight is 278 g/mol. The van der Waals surface area contributed by atoms with Crippen LogP contribution in [0.15, 0.2) is 18.2 Å². The van der Waals surface area contributed by atoms with Crippen molar-refractivity contribution in [1.82, 2.24) is 0 Å². The van der Waals surface area contributed by atoms with Crippen LogP contribution in [-0.4, -0.2) is 29.1 Å². The molecule has 20 heavy (non-hydrogen) atoms. The number of nitro benzene ring substituents is 1. The monoisotopic (exact) mass is 278 g/mol. The van der Waals surface area contributed by atoms with E-state index in [-0.39, 0.29) is 22.9 Å². The third-order valence-electron chi connectivity index (χ3n) is 3.82. The number of carboxylic acid groups (broad SMARTS) is 1. The number of aryl methyl sites for hydroxylation is 1. The standard InChI is InChI=1S/C14H18N2O4/c1-10-2-3-12(16(19)20)9-13(10)15-6-4-11(5-7-15)8-14(17)18/h2-3,9,11H,4-8H2,1H3,(H,17,18). The summed E-state index contributed by atoms with van der Waals surface area (Å²) in [5, 5.41) is 19.6. The Balaban J connectivity index is 2.08. The smallest absolute Gasteiger partial charge is 0.303 e. The Morgan fingerprint density at radius 3 is 2.65 bits per heavy atom. The molecule has 0 atom stereocenters. The predicted octanol–water partition coefficient (Wildman–Crippen LogP) is 2.59. The lowest BCUT2D eigenvalue weighted by atomic mass is 9.93. The fourth-order valence-electron chi connectivity index (χ4n) is 2.68. The van der Waals surface area contributed by atoms with E-state index in [4.69, 9.17) is 5.11 Å². The molecular weight excluding hydrogens is 260 g/mol. The van der Waals surface area contributed by atoms with Crippen molar-refractivity contribution in [3.63, 3.8) is 0 Å². The SMILES string of the molecule is Cc1ccc([N+](=O)[O-])cc1N1CCC(CC(=O)O)CC1. The lowest BCUT2D eigenvalue weighted by Gasteiger charge is -2.33. The van der Waals surface area contributed by atoms with E-state index in [1.54, 1.807) is 12.1 Å². The van der Waals surface area contributed by atoms with Gasteiger partial charge in [0, 0.05) is 37.3 Å². The lowest BCUT2D eigenvalue weighted by molar-refractivity contribution is -0.384. The maximum atomic E-state index is 10.8. The van der Waals surface area contributed by atoms with Crippen LogP contribution in [0.4, 0.5) is 11.4 Å². The van der Waals surface area contributed by atoms with Crippen LogP contribution in [0.3, 0.4) is 0 Å². The van der Waals surface area contributed by atoms with Crippen LogP contribution < -0.4 is 4.90 Å². The van der Waals surface area contributed by atoms with Crippen LogP contribution in [0, 0.1) is 23.0 Å². The normalized spacial score (nSPS) is 16.1. The Bertz CT molecular complexity index is 522. The first-order chi connectivity index (χ1) is 9.47. The van der Waals surface area contributed by atoms with E-state index in [0.29, 0.717) is 0 Å². The van der Waals surface area contributed by atoms with Gasteiger partial charge in [-0.05, 0) is 31.2 Å². The molecular formula is C14H18N2O4. The molecule has 1 aliphatic rings. The Kier molecular flexibility index (Phi) is 4.22. The molecule has 0 aromatic heterocycles. The van der Waals surface area contributed by atoms with Gasteiger partial charge in [0.05, 0.1) is 4.92 Å². The largest absolute Gasteiger partial charge is 0.481 e. The molecule has 1 heterocycles. The van der Waals surface area contributed by atoms with Crippen molar-refractivity contribution < 1.29 is 14.8 Å². The maximum Gasteiger partial charge on any atom is 0.303 e. The highest BCUT2D eigenvalue weighted by molar-refractivity contribution is 5.67. The van der Waals surface area contributed by atoms with Crippen LogP contribution >= 0.6 is 0 Å². The van der Waals surface area contributed by atoms with E-state index in [0.717, 1.165) is 37.2 Å². The first kappa shape index (κ1) is 14.3. The van der Waals surface area contributed by atoms with Gasteiger partial charge in [-0.25, -0.2) is 0 Å². The number of hydrogen-bond donors (Lipinski definition) is 1. The Hall–Kier alpha value is -2.11. The summed E-state index contributed by atoms with van der Waals surface area (Å²) in [5.41, 5.74) is 1.98. The average Bonchev–Trinajstić information content (AvgIpc) is 2.39. The van der Waals surface area contributed by atoms with Crippen LogP contribution in [0.25, 0.3) is 0 Å². The number of aliphatic carboxylic acids is 1. The van der Waals surface area contributed by atoms with Crippen molar-refractivity contribution in [2.75, 3.05) is 18.0 Å². The quantitative estimate of drug-likeness (QED) is 0.676. The van der Waals surface area contributed by atoms with Crippen LogP contribution in [0.2, 0.25) is 0 Å². The first-order valence-corrected chi connectivity index (χ1v) is 6.69. The second kappa shape index (κ2) is 5.90. The molecule has 0 bridgehead atoms. The third kappa shape index (κ3) is 3.26. The second-order valence-electron chi connectivity index (χ2n) is 5.26. The summed E-state index contributed by atoms with van der Waals surface area (Å²) in [6.07, 6.45) is 1.84. The summed E-state index contributed by atoms with van der Waals surface area (Å²) in [6, 6.07) is 4.87. The zero-order valence-electron chi connectivity index (χ0n) is 11.4. The zero-order valence-corrected chi connectivity index (χ0v) is 11.4. The van der Waals surface area contributed by atoms with Gasteiger partial charge < -0.3 is 10.0 Å². The number of nitrogens with zero attached hydrogens (tertiary/aromatic N) is 2. The number of carbonyl (C=O) groups is 1. The van der Waals surface area contributed by atoms with Crippen LogP contribution in [0.5, 0.6) is 0 Å². The maximum absolute atomic E-state index is 10.8. The van der Waals surface area contributed by atoms with E-state index in [2.05, 4.69) is 4.90 Å². The number of hydrogen-bond acceptors (Lipinski definition) is 4. The molecule has 1 saturated heterocycles. The van der Waals surface area contributed by atoms with Gasteiger partial charge in [-0.2, -0.15) is 0 Å².